The van der Waals surface area contributed by atoms with E-state index in [1.165, 1.54) is 83.3 Å². The highest BCUT2D eigenvalue weighted by Gasteiger charge is 2.44. The number of aromatic nitrogens is 4. The maximum absolute atomic E-state index is 14.2. The van der Waals surface area contributed by atoms with Crippen LogP contribution in [0.1, 0.15) is 367 Å². The fourth-order valence-corrected chi connectivity index (χ4v) is 17.8. The van der Waals surface area contributed by atoms with E-state index in [1.54, 1.807) is 56.9 Å². The second kappa shape index (κ2) is 39.7. The van der Waals surface area contributed by atoms with Gasteiger partial charge in [-0.25, -0.2) is 51.5 Å². The van der Waals surface area contributed by atoms with Crippen molar-refractivity contribution in [3.05, 3.63) is 314 Å². The van der Waals surface area contributed by atoms with Gasteiger partial charge >= 0.3 is 29.8 Å². The SMILES string of the molecule is CC1(C)CCC(C)(C)c2cc(C#Cc3ccc(C(=O)O)cc3Cl)ccc21.CC1(C)CCC(C)(C)c2nc(C#Cc3ccc(C(=O)O)cc3F)cnc21.COC(=O)c1ccc(C#Cc2cnc3c(n2)C(C)(C)CCC3(C)C)cc1.COc1cc2c(cc1C#Cc1cc(F)c(C(=O)O)c(F)c1)C(C)(C)CCC2(C)C.COc1cc2c(cc1C#Cc1ccc(C(=O)O)cc1F)C(C)(C)CCC2(C)C. The number of rotatable bonds is 7. The third kappa shape index (κ3) is 23.5. The van der Waals surface area contributed by atoms with E-state index < -0.39 is 52.7 Å². The van der Waals surface area contributed by atoms with Crippen molar-refractivity contribution in [3.8, 4) is 70.7 Å². The van der Waals surface area contributed by atoms with Crippen molar-refractivity contribution in [1.29, 1.82) is 0 Å². The van der Waals surface area contributed by atoms with E-state index in [9.17, 15) is 41.5 Å². The number of nitrogens with zero attached hydrogens (tertiary/aromatic N) is 4. The number of aromatic carboxylic acids is 4. The predicted octanol–water partition coefficient (Wildman–Crippen LogP) is 24.6. The number of carboxylic acids is 4. The number of hydrogen-bond donors (Lipinski definition) is 4. The Kier molecular flexibility index (Phi) is 30.0. The molecule has 21 heteroatoms. The lowest BCUT2D eigenvalue weighted by atomic mass is 9.63. The molecule has 0 saturated heterocycles. The molecule has 700 valence electrons. The van der Waals surface area contributed by atoms with Crippen LogP contribution in [0.25, 0.3) is 0 Å². The molecule has 5 aliphatic carbocycles. The molecule has 2 heterocycles. The third-order valence-corrected chi connectivity index (χ3v) is 27.3. The maximum Gasteiger partial charge on any atom is 0.341 e. The molecule has 5 aliphatic rings. The van der Waals surface area contributed by atoms with E-state index in [4.69, 9.17) is 61.2 Å². The molecule has 8 aromatic carbocycles. The summed E-state index contributed by atoms with van der Waals surface area (Å²) < 4.78 is 71.9. The lowest BCUT2D eigenvalue weighted by molar-refractivity contribution is 0.0597. The van der Waals surface area contributed by atoms with Crippen molar-refractivity contribution >= 4 is 41.4 Å². The molecule has 0 unspecified atom stereocenters. The lowest BCUT2D eigenvalue weighted by Crippen LogP contribution is -2.36. The Bertz CT molecular complexity index is 6550. The van der Waals surface area contributed by atoms with Crippen LogP contribution in [0, 0.1) is 82.5 Å². The summed E-state index contributed by atoms with van der Waals surface area (Å²) in [5.74, 6) is 21.9. The summed E-state index contributed by atoms with van der Waals surface area (Å²) in [5.41, 5.74) is 16.9. The zero-order chi connectivity index (χ0) is 99.4. The molecule has 16 nitrogen and oxygen atoms in total. The summed E-state index contributed by atoms with van der Waals surface area (Å²) in [6.45, 7) is 44.5. The first-order valence-electron chi connectivity index (χ1n) is 44.9. The van der Waals surface area contributed by atoms with Gasteiger partial charge in [-0.15, -0.1) is 0 Å². The quantitative estimate of drug-likeness (QED) is 0.0658. The third-order valence-electron chi connectivity index (χ3n) is 26.9. The van der Waals surface area contributed by atoms with Crippen molar-refractivity contribution in [3.63, 3.8) is 0 Å². The zero-order valence-corrected chi connectivity index (χ0v) is 81.9. The van der Waals surface area contributed by atoms with Crippen LogP contribution < -0.4 is 9.47 Å². The Labute approximate surface area is 795 Å². The number of carboxylic acid groups (broad SMARTS) is 4. The monoisotopic (exact) mass is 1840 g/mol. The molecule has 15 rings (SSSR count). The van der Waals surface area contributed by atoms with Crippen molar-refractivity contribution in [2.24, 2.45) is 0 Å². The van der Waals surface area contributed by atoms with Crippen LogP contribution in [0.4, 0.5) is 17.6 Å². The number of hydrogen-bond acceptors (Lipinski definition) is 12. The summed E-state index contributed by atoms with van der Waals surface area (Å²) in [6, 6.07) is 35.5. The van der Waals surface area contributed by atoms with Crippen LogP contribution in [-0.4, -0.2) is 91.5 Å². The first-order chi connectivity index (χ1) is 62.9. The Morgan fingerprint density at radius 3 is 1.00 bits per heavy atom. The van der Waals surface area contributed by atoms with Gasteiger partial charge in [0.25, 0.3) is 0 Å². The number of methoxy groups -OCH3 is 3. The van der Waals surface area contributed by atoms with Crippen molar-refractivity contribution in [2.75, 3.05) is 21.3 Å². The second-order valence-corrected chi connectivity index (χ2v) is 42.0. The van der Waals surface area contributed by atoms with Gasteiger partial charge in [0.1, 0.15) is 51.7 Å². The molecule has 0 atom stereocenters. The highest BCUT2D eigenvalue weighted by atomic mass is 35.5. The van der Waals surface area contributed by atoms with Crippen LogP contribution in [0.2, 0.25) is 5.02 Å². The molecule has 135 heavy (non-hydrogen) atoms. The summed E-state index contributed by atoms with van der Waals surface area (Å²) in [4.78, 5) is 74.1. The predicted molar refractivity (Wildman–Crippen MR) is 519 cm³/mol. The van der Waals surface area contributed by atoms with Crippen molar-refractivity contribution in [2.45, 2.75) is 257 Å². The van der Waals surface area contributed by atoms with Gasteiger partial charge in [0.2, 0.25) is 0 Å². The van der Waals surface area contributed by atoms with Crippen LogP contribution >= 0.6 is 11.6 Å². The van der Waals surface area contributed by atoms with E-state index in [0.29, 0.717) is 50.2 Å². The molecular formula is C114H117ClF4N4O12. The van der Waals surface area contributed by atoms with E-state index in [1.807, 2.05) is 12.1 Å². The minimum Gasteiger partial charge on any atom is -0.495 e. The van der Waals surface area contributed by atoms with Crippen LogP contribution in [-0.2, 0) is 58.9 Å². The highest BCUT2D eigenvalue weighted by molar-refractivity contribution is 6.32. The van der Waals surface area contributed by atoms with Gasteiger partial charge in [0.05, 0.1) is 106 Å². The number of fused-ring (bicyclic) bond motifs is 5. The normalized spacial score (nSPS) is 16.7. The summed E-state index contributed by atoms with van der Waals surface area (Å²) in [6.07, 6.45) is 14.3. The molecule has 0 saturated carbocycles. The van der Waals surface area contributed by atoms with Gasteiger partial charge in [0.15, 0.2) is 0 Å². The van der Waals surface area contributed by atoms with E-state index in [2.05, 4.69) is 233 Å². The standard InChI is InChI=1S/C24H24F2O3.C24H25FO3.C23H23ClO2.C22H24N2O2.C21H21FN2O2/c1-23(2)8-9-24(3,4)17-13-20(29-5)15(12-16(17)23)7-6-14-10-18(25)21(22(27)28)19(26)11-14;1-23(2)10-11-24(3,4)19-14-21(28-5)16(12-18(19)23)8-6-15-7-9-17(22(26)27)13-20(15)25;1-22(2)11-12-23(3,4)19-13-15(6-10-18(19)22)5-7-16-8-9-17(21(25)26)14-20(16)24;1-21(2)12-13-22(3,4)19-18(21)23-14-17(24-19)11-8-15-6-9-16(10-7-15)20(25)26-5;1-20(2)9-10-21(3,4)18-17(20)23-12-15(24-18)8-7-13-5-6-14(19(25)26)11-16(13)22/h10-13H,8-9H2,1-5H3,(H,27,28);7,9,12-14H,10-11H2,1-5H3,(H,26,27);6,8-10,13-14H,11-12H2,1-4H3,(H,25,26);6-7,9-10,14H,12-13H2,1-5H3;5-6,11-12H,9-10H2,1-4H3,(H,25,26). The number of ether oxygens (including phenoxy) is 3. The van der Waals surface area contributed by atoms with Crippen LogP contribution in [0.3, 0.4) is 0 Å². The Morgan fingerprint density at radius 2 is 0.615 bits per heavy atom. The molecule has 0 radical (unpaired) electrons. The molecular weight excluding hydrogens is 1730 g/mol. The fraction of sp³-hybridized carbons (Fsp3) is 0.377. The van der Waals surface area contributed by atoms with Crippen molar-refractivity contribution in [1.82, 2.24) is 19.9 Å². The smallest absolute Gasteiger partial charge is 0.341 e. The first-order valence-corrected chi connectivity index (χ1v) is 45.3. The fourth-order valence-electron chi connectivity index (χ4n) is 17.5. The Morgan fingerprint density at radius 1 is 0.304 bits per heavy atom. The first kappa shape index (κ1) is 102. The summed E-state index contributed by atoms with van der Waals surface area (Å²) in [7, 11) is 4.54. The molecule has 0 fully saturated rings. The number of carbonyl (C=O) groups excluding carboxylic acids is 1. The van der Waals surface area contributed by atoms with Gasteiger partial charge < -0.3 is 34.6 Å². The van der Waals surface area contributed by atoms with E-state index >= 15 is 0 Å². The van der Waals surface area contributed by atoms with E-state index in [0.717, 1.165) is 116 Å². The average molecular weight is 1850 g/mol. The maximum atomic E-state index is 14.2. The Balaban J connectivity index is 0.000000162. The largest absolute Gasteiger partial charge is 0.495 e. The van der Waals surface area contributed by atoms with Gasteiger partial charge in [-0.05, 0) is 269 Å². The molecule has 0 aliphatic heterocycles. The summed E-state index contributed by atoms with van der Waals surface area (Å²) in [5, 5.41) is 36.1. The minimum atomic E-state index is -1.65. The van der Waals surface area contributed by atoms with Crippen LogP contribution in [0.15, 0.2) is 146 Å². The highest BCUT2D eigenvalue weighted by Crippen LogP contribution is 2.52. The molecule has 4 N–H and O–H groups in total. The van der Waals surface area contributed by atoms with Gasteiger partial charge in [0, 0.05) is 43.9 Å². The lowest BCUT2D eigenvalue weighted by Gasteiger charge is -2.42. The van der Waals surface area contributed by atoms with Gasteiger partial charge in [-0.2, -0.15) is 0 Å². The zero-order valence-electron chi connectivity index (χ0n) is 81.2. The molecule has 10 aromatic rings. The molecule has 2 aromatic heterocycles. The molecule has 0 spiro atoms. The number of carbonyl (C=O) groups is 5. The number of halogens is 5. The Hall–Kier alpha value is -13.3. The van der Waals surface area contributed by atoms with Gasteiger partial charge in [-0.3, -0.25) is 9.97 Å². The number of benzene rings is 8. The molecule has 0 amide bonds. The summed E-state index contributed by atoms with van der Waals surface area (Å²) >= 11 is 6.17. The average Bonchev–Trinajstić information content (AvgIpc) is 0.755. The molecule has 0 bridgehead atoms. The van der Waals surface area contributed by atoms with E-state index in [-0.39, 0.29) is 93.5 Å². The van der Waals surface area contributed by atoms with Gasteiger partial charge in [-0.1, -0.05) is 204 Å². The minimum absolute atomic E-state index is 0.0116. The number of esters is 1. The van der Waals surface area contributed by atoms with Crippen molar-refractivity contribution < 1.29 is 76.2 Å². The second-order valence-electron chi connectivity index (χ2n) is 41.6. The van der Waals surface area contributed by atoms with Crippen LogP contribution in [0.5, 0.6) is 11.5 Å². The topological polar surface area (TPSA) is 246 Å².